The average molecular weight is 1410 g/mol. The Bertz CT molecular complexity index is 4550. The summed E-state index contributed by atoms with van der Waals surface area (Å²) < 4.78 is 7.10. The van der Waals surface area contributed by atoms with Crippen molar-refractivity contribution in [3.63, 3.8) is 0 Å². The monoisotopic (exact) mass is 1410 g/mol. The molecule has 0 radical (unpaired) electrons. The first-order valence-corrected chi connectivity index (χ1v) is 50.1. The van der Waals surface area contributed by atoms with Crippen molar-refractivity contribution in [3.8, 4) is 33.8 Å². The van der Waals surface area contributed by atoms with Gasteiger partial charge in [-0.1, -0.05) is 264 Å². The molecule has 6 aromatic carbocycles. The Labute approximate surface area is 621 Å². The van der Waals surface area contributed by atoms with Gasteiger partial charge < -0.3 is 0 Å². The Morgan fingerprint density at radius 3 is 1.00 bits per heavy atom. The van der Waals surface area contributed by atoms with Crippen molar-refractivity contribution in [1.29, 1.82) is 0 Å². The van der Waals surface area contributed by atoms with Crippen LogP contribution in [0.3, 0.4) is 0 Å². The molecule has 0 atom stereocenters. The van der Waals surface area contributed by atoms with Gasteiger partial charge in [0.15, 0.2) is 18.6 Å². The first-order chi connectivity index (χ1) is 48.7. The zero-order chi connectivity index (χ0) is 71.7. The molecule has 7 fully saturated rings. The highest BCUT2D eigenvalue weighted by Gasteiger charge is 2.42. The lowest BCUT2D eigenvalue weighted by atomic mass is 9.84. The second-order valence-corrected chi connectivity index (χ2v) is 52.3. The van der Waals surface area contributed by atoms with Crippen LogP contribution in [-0.2, 0) is 21.1 Å². The van der Waals surface area contributed by atoms with Crippen LogP contribution in [0.1, 0.15) is 251 Å². The summed E-state index contributed by atoms with van der Waals surface area (Å²) in [7, 11) is 2.54. The Morgan fingerprint density at radius 1 is 0.314 bits per heavy atom. The molecule has 4 saturated carbocycles. The first kappa shape index (κ1) is 73.1. The normalized spacial score (nSPS) is 21.1. The third kappa shape index (κ3) is 15.0. The van der Waals surface area contributed by atoms with Crippen molar-refractivity contribution in [2.45, 2.75) is 290 Å². The standard InChI is InChI=1S/C35H48NSi.C31H42NSi.C30H40NSi/c1-25-32(27-12-8-9-13-27)23-29(26-10-6-7-11-26)24-33(25)34-31-15-14-30(22-28(31)16-19-36(34)4)37(5)20-17-35(2,3)18-21-37;1-22-19-26(24-9-7-8-10-24)21-29(23(22)2)30-28-12-11-27(20-25(28)13-16-32(30)5)33(6)17-14-31(3,4)15-18-33;1-22-10-11-24(23-8-6-7-9-23)21-28(22)29-27-13-12-26(20-25(27)14-17-31(29)4)32(5)18-15-30(2,3)16-19-32/h14-16,19,22-24,26-27H,6-13,17-18,20-21H2,1-5H3;11-13,16,19-21,24H,7-10,14-15,17-18H2,1-6H3;10-14,17,20-21,23H,6-9,15-16,18-19H2,1-5H3/q3*+1. The van der Waals surface area contributed by atoms with Crippen LogP contribution < -0.4 is 29.3 Å². The summed E-state index contributed by atoms with van der Waals surface area (Å²) in [4.78, 5) is 0. The predicted molar refractivity (Wildman–Crippen MR) is 447 cm³/mol. The van der Waals surface area contributed by atoms with Gasteiger partial charge in [-0.15, -0.1) is 0 Å². The Balaban J connectivity index is 0.000000130. The summed E-state index contributed by atoms with van der Waals surface area (Å²) in [5.41, 5.74) is 22.3. The number of aromatic nitrogens is 3. The number of hydrogen-bond acceptors (Lipinski definition) is 0. The molecule has 0 amide bonds. The van der Waals surface area contributed by atoms with Gasteiger partial charge in [0.05, 0.1) is 51.5 Å². The minimum Gasteiger partial charge on any atom is -0.200 e. The van der Waals surface area contributed by atoms with E-state index in [1.165, 1.54) is 266 Å². The van der Waals surface area contributed by atoms with Gasteiger partial charge in [0, 0.05) is 23.8 Å². The first-order valence-electron chi connectivity index (χ1n) is 41.3. The van der Waals surface area contributed by atoms with E-state index in [0.717, 1.165) is 23.7 Å². The van der Waals surface area contributed by atoms with Crippen molar-refractivity contribution < 1.29 is 13.7 Å². The van der Waals surface area contributed by atoms with Crippen molar-refractivity contribution in [2.24, 2.45) is 37.4 Å². The molecular weight excluding hydrogens is 1280 g/mol. The van der Waals surface area contributed by atoms with Crippen LogP contribution in [0.15, 0.2) is 134 Å². The highest BCUT2D eigenvalue weighted by Crippen LogP contribution is 2.48. The summed E-state index contributed by atoms with van der Waals surface area (Å²) in [6, 6.07) is 55.8. The van der Waals surface area contributed by atoms with Gasteiger partial charge in [-0.2, -0.15) is 0 Å². The Hall–Kier alpha value is -5.80. The van der Waals surface area contributed by atoms with Gasteiger partial charge in [-0.05, 0) is 216 Å². The van der Waals surface area contributed by atoms with Crippen molar-refractivity contribution in [1.82, 2.24) is 0 Å². The third-order valence-corrected chi connectivity index (χ3v) is 42.3. The van der Waals surface area contributed by atoms with Crippen molar-refractivity contribution in [2.75, 3.05) is 0 Å². The number of nitrogens with zero attached hydrogens (tertiary/aromatic N) is 3. The van der Waals surface area contributed by atoms with Crippen LogP contribution in [0.5, 0.6) is 0 Å². The van der Waals surface area contributed by atoms with Gasteiger partial charge >= 0.3 is 0 Å². The molecule has 0 spiro atoms. The zero-order valence-corrected chi connectivity index (χ0v) is 69.7. The number of benzene rings is 6. The lowest BCUT2D eigenvalue weighted by Gasteiger charge is -2.40. The van der Waals surface area contributed by atoms with Gasteiger partial charge in [0.25, 0.3) is 0 Å². The van der Waals surface area contributed by atoms with Crippen molar-refractivity contribution >= 4 is 72.1 Å². The van der Waals surface area contributed by atoms with E-state index < -0.39 is 24.2 Å². The van der Waals surface area contributed by atoms with Gasteiger partial charge in [0.1, 0.15) is 21.1 Å². The minimum atomic E-state index is -1.40. The molecule has 538 valence electrons. The molecule has 3 aliphatic heterocycles. The van der Waals surface area contributed by atoms with E-state index in [4.69, 9.17) is 0 Å². The quantitative estimate of drug-likeness (QED) is 0.0955. The van der Waals surface area contributed by atoms with Crippen LogP contribution in [-0.4, -0.2) is 24.2 Å². The van der Waals surface area contributed by atoms with E-state index >= 15 is 0 Å². The maximum atomic E-state index is 2.65. The highest BCUT2D eigenvalue weighted by atomic mass is 28.3. The number of rotatable bonds is 10. The highest BCUT2D eigenvalue weighted by molar-refractivity contribution is 6.92. The molecule has 0 unspecified atom stereocenters. The molecule has 3 saturated heterocycles. The molecule has 6 heterocycles. The molecule has 102 heavy (non-hydrogen) atoms. The maximum Gasteiger partial charge on any atom is 0.220 e. The zero-order valence-electron chi connectivity index (χ0n) is 66.7. The molecule has 3 aromatic heterocycles. The van der Waals surface area contributed by atoms with E-state index in [0.29, 0.717) is 16.2 Å². The fourth-order valence-corrected chi connectivity index (χ4v) is 33.6. The Morgan fingerprint density at radius 2 is 0.627 bits per heavy atom. The lowest BCUT2D eigenvalue weighted by molar-refractivity contribution is -0.659. The summed E-state index contributed by atoms with van der Waals surface area (Å²) >= 11 is 0. The van der Waals surface area contributed by atoms with E-state index in [2.05, 4.69) is 258 Å². The van der Waals surface area contributed by atoms with Crippen molar-refractivity contribution in [3.05, 3.63) is 178 Å². The molecule has 4 aliphatic carbocycles. The second-order valence-electron chi connectivity index (χ2n) is 38.2. The summed E-state index contributed by atoms with van der Waals surface area (Å²) in [6.07, 6.45) is 37.3. The molecule has 0 bridgehead atoms. The average Bonchev–Trinajstić information content (AvgIpc) is 0.911. The smallest absolute Gasteiger partial charge is 0.200 e. The fourth-order valence-electron chi connectivity index (χ4n) is 20.7. The van der Waals surface area contributed by atoms with Crippen LogP contribution in [0, 0.1) is 43.9 Å². The summed E-state index contributed by atoms with van der Waals surface area (Å²) in [5, 5.41) is 13.5. The summed E-state index contributed by atoms with van der Waals surface area (Å²) in [5.74, 6) is 3.01. The minimum absolute atomic E-state index is 0.531. The fraction of sp³-hybridized carbons (Fsp3) is 0.531. The van der Waals surface area contributed by atoms with Gasteiger partial charge in [-0.25, -0.2) is 13.7 Å². The molecule has 0 N–H and O–H groups in total. The van der Waals surface area contributed by atoms with E-state index in [-0.39, 0.29) is 0 Å². The molecule has 6 heteroatoms. The summed E-state index contributed by atoms with van der Waals surface area (Å²) in [6.45, 7) is 32.0. The largest absolute Gasteiger partial charge is 0.220 e. The topological polar surface area (TPSA) is 11.6 Å². The second kappa shape index (κ2) is 29.2. The van der Waals surface area contributed by atoms with Crippen LogP contribution >= 0.6 is 0 Å². The predicted octanol–water partition coefficient (Wildman–Crippen LogP) is 24.2. The number of fused-ring (bicyclic) bond motifs is 3. The molecule has 9 aromatic rings. The van der Waals surface area contributed by atoms with Gasteiger partial charge in [-0.3, -0.25) is 0 Å². The van der Waals surface area contributed by atoms with Crippen LogP contribution in [0.25, 0.3) is 66.1 Å². The lowest BCUT2D eigenvalue weighted by Crippen LogP contribution is -2.48. The Kier molecular flexibility index (Phi) is 20.9. The van der Waals surface area contributed by atoms with E-state index in [1.807, 2.05) is 0 Å². The third-order valence-electron chi connectivity index (χ3n) is 29.1. The van der Waals surface area contributed by atoms with E-state index in [1.54, 1.807) is 37.8 Å². The number of hydrogen-bond donors (Lipinski definition) is 0. The molecular formula is C96H130N3Si3+3. The van der Waals surface area contributed by atoms with Crippen LogP contribution in [0.4, 0.5) is 0 Å². The molecule has 3 nitrogen and oxygen atoms in total. The molecule has 7 aliphatic rings. The van der Waals surface area contributed by atoms with Crippen LogP contribution in [0.2, 0.25) is 55.9 Å². The van der Waals surface area contributed by atoms with Gasteiger partial charge in [0.2, 0.25) is 17.1 Å². The number of aryl methyl sites for hydroxylation is 5. The van der Waals surface area contributed by atoms with E-state index in [9.17, 15) is 0 Å². The maximum absolute atomic E-state index is 2.65. The number of pyridine rings is 3. The SMILES string of the molecule is Cc1c(-c2c3ccc([Si]4(C)CCC(C)(C)CC4)cc3cc[n+]2C)cc(C2CCCC2)cc1C1CCCC1.Cc1cc(C2CCCC2)cc(-c2c3ccc([Si]4(C)CCC(C)(C)CC4)cc3cc[n+]2C)c1C.Cc1ccc(C2CCCC2)cc1-c1c2ccc([Si]3(C)CCC(C)(C)CC3)cc2cc[n+]1C. The molecule has 16 rings (SSSR count).